The van der Waals surface area contributed by atoms with Crippen molar-refractivity contribution in [1.29, 1.82) is 0 Å². The predicted octanol–water partition coefficient (Wildman–Crippen LogP) is 9.89. The number of hydrogen-bond acceptors (Lipinski definition) is 1. The van der Waals surface area contributed by atoms with Crippen molar-refractivity contribution in [3.8, 4) is 33.4 Å². The predicted molar refractivity (Wildman–Crippen MR) is 155 cm³/mol. The van der Waals surface area contributed by atoms with Crippen LogP contribution in [0.25, 0.3) is 44.2 Å². The van der Waals surface area contributed by atoms with E-state index in [4.69, 9.17) is 0 Å². The van der Waals surface area contributed by atoms with Crippen LogP contribution in [-0.4, -0.2) is 7.05 Å². The highest BCUT2D eigenvalue weighted by molar-refractivity contribution is 5.88. The summed E-state index contributed by atoms with van der Waals surface area (Å²) < 4.78 is 31.0. The molecule has 3 heteroatoms. The minimum atomic E-state index is -0.403. The van der Waals surface area contributed by atoms with Crippen LogP contribution in [0.5, 0.6) is 0 Å². The number of benzene rings is 6. The van der Waals surface area contributed by atoms with E-state index in [-0.39, 0.29) is 0 Å². The second-order valence-corrected chi connectivity index (χ2v) is 9.38. The molecule has 38 heavy (non-hydrogen) atoms. The van der Waals surface area contributed by atoms with Gasteiger partial charge in [0.2, 0.25) is 0 Å². The van der Waals surface area contributed by atoms with Gasteiger partial charge in [-0.2, -0.15) is 0 Å². The summed E-state index contributed by atoms with van der Waals surface area (Å²) in [6.45, 7) is 0. The minimum Gasteiger partial charge on any atom is -0.340 e. The molecule has 6 aromatic rings. The average molecular weight is 498 g/mol. The maximum Gasteiger partial charge on any atom is 0.154 e. The molecule has 0 saturated heterocycles. The number of rotatable bonds is 5. The van der Waals surface area contributed by atoms with Crippen molar-refractivity contribution >= 4 is 22.1 Å². The highest BCUT2D eigenvalue weighted by Crippen LogP contribution is 2.39. The molecule has 0 aliphatic rings. The fourth-order valence-corrected chi connectivity index (χ4v) is 4.95. The molecule has 6 aromatic carbocycles. The zero-order valence-corrected chi connectivity index (χ0v) is 20.9. The molecule has 0 amide bonds. The van der Waals surface area contributed by atoms with Crippen LogP contribution in [0, 0.1) is 11.6 Å². The first-order valence-corrected chi connectivity index (χ1v) is 12.6. The number of hydrogen-bond donors (Lipinski definition) is 0. The lowest BCUT2D eigenvalue weighted by atomic mass is 9.94. The molecule has 0 radical (unpaired) electrons. The molecule has 6 rings (SSSR count). The highest BCUT2D eigenvalue weighted by atomic mass is 19.1. The van der Waals surface area contributed by atoms with E-state index in [1.54, 1.807) is 36.2 Å². The van der Waals surface area contributed by atoms with Crippen LogP contribution in [0.15, 0.2) is 133 Å². The Hall–Kier alpha value is -4.76. The van der Waals surface area contributed by atoms with Gasteiger partial charge in [0.25, 0.3) is 0 Å². The summed E-state index contributed by atoms with van der Waals surface area (Å²) in [4.78, 5) is 1.58. The number of fused-ring (bicyclic) bond motifs is 1. The third-order valence-electron chi connectivity index (χ3n) is 6.99. The van der Waals surface area contributed by atoms with Gasteiger partial charge in [-0.15, -0.1) is 0 Å². The summed E-state index contributed by atoms with van der Waals surface area (Å²) in [6, 6.07) is 42.5. The van der Waals surface area contributed by atoms with Crippen molar-refractivity contribution in [3.63, 3.8) is 0 Å². The van der Waals surface area contributed by atoms with Crippen LogP contribution >= 0.6 is 0 Å². The molecule has 0 saturated carbocycles. The first kappa shape index (κ1) is 23.6. The van der Waals surface area contributed by atoms with E-state index in [0.717, 1.165) is 33.2 Å². The Morgan fingerprint density at radius 3 is 1.92 bits per heavy atom. The first-order valence-electron chi connectivity index (χ1n) is 12.6. The van der Waals surface area contributed by atoms with Gasteiger partial charge in [0.05, 0.1) is 11.4 Å². The molecular weight excluding hydrogens is 472 g/mol. The molecule has 1 nitrogen and oxygen atoms in total. The van der Waals surface area contributed by atoms with Gasteiger partial charge < -0.3 is 4.90 Å². The smallest absolute Gasteiger partial charge is 0.154 e. The molecule has 184 valence electrons. The van der Waals surface area contributed by atoms with Crippen molar-refractivity contribution in [2.24, 2.45) is 0 Å². The van der Waals surface area contributed by atoms with Gasteiger partial charge in [0, 0.05) is 12.6 Å². The molecule has 0 heterocycles. The van der Waals surface area contributed by atoms with Gasteiger partial charge in [-0.3, -0.25) is 0 Å². The Kier molecular flexibility index (Phi) is 6.19. The first-order chi connectivity index (χ1) is 18.6. The lowest BCUT2D eigenvalue weighted by Gasteiger charge is -2.23. The van der Waals surface area contributed by atoms with Crippen LogP contribution in [0.4, 0.5) is 20.2 Å². The van der Waals surface area contributed by atoms with Crippen LogP contribution in [-0.2, 0) is 0 Å². The van der Waals surface area contributed by atoms with Crippen molar-refractivity contribution in [2.45, 2.75) is 0 Å². The van der Waals surface area contributed by atoms with Crippen LogP contribution in [0.3, 0.4) is 0 Å². The van der Waals surface area contributed by atoms with E-state index in [2.05, 4.69) is 30.3 Å². The van der Waals surface area contributed by atoms with Gasteiger partial charge in [0.15, 0.2) is 5.82 Å². The van der Waals surface area contributed by atoms with E-state index >= 15 is 4.39 Å². The molecular formula is C35H25F2N. The largest absolute Gasteiger partial charge is 0.340 e. The van der Waals surface area contributed by atoms with E-state index in [1.165, 1.54) is 11.5 Å². The van der Waals surface area contributed by atoms with Gasteiger partial charge in [-0.25, -0.2) is 8.78 Å². The van der Waals surface area contributed by atoms with Crippen LogP contribution in [0.2, 0.25) is 0 Å². The molecule has 0 fully saturated rings. The van der Waals surface area contributed by atoms with Gasteiger partial charge in [0.1, 0.15) is 5.82 Å². The Bertz CT molecular complexity index is 1760. The number of anilines is 2. The molecule has 0 aromatic heterocycles. The third kappa shape index (κ3) is 4.44. The Labute approximate surface area is 221 Å². The SMILES string of the molecule is CN(c1ccccc1F)c1cc(-c2ccccc2)cc(-c2cccc(-c3ccc4ccccc4c3)c2)c1F. The van der Waals surface area contributed by atoms with E-state index in [9.17, 15) is 4.39 Å². The third-order valence-corrected chi connectivity index (χ3v) is 6.99. The lowest BCUT2D eigenvalue weighted by molar-refractivity contribution is 0.619. The minimum absolute atomic E-state index is 0.308. The Morgan fingerprint density at radius 1 is 0.447 bits per heavy atom. The Morgan fingerprint density at radius 2 is 1.11 bits per heavy atom. The standard InChI is InChI=1S/C35H25F2N/c1-38(33-17-8-7-16-32(33)36)34-23-30(24-10-3-2-4-11-24)22-31(35(34)37)29-15-9-14-27(21-29)28-19-18-25-12-5-6-13-26(25)20-28/h2-23H,1H3. The normalized spacial score (nSPS) is 11.0. The van der Waals surface area contributed by atoms with Crippen LogP contribution in [0.1, 0.15) is 0 Å². The van der Waals surface area contributed by atoms with Gasteiger partial charge in [-0.05, 0) is 75.0 Å². The summed E-state index contributed by atoms with van der Waals surface area (Å²) >= 11 is 0. The van der Waals surface area contributed by atoms with E-state index in [1.807, 2.05) is 72.8 Å². The fraction of sp³-hybridized carbons (Fsp3) is 0.0286. The molecule has 0 aliphatic heterocycles. The maximum atomic E-state index is 16.3. The molecule has 0 unspecified atom stereocenters. The highest BCUT2D eigenvalue weighted by Gasteiger charge is 2.19. The van der Waals surface area contributed by atoms with Crippen molar-refractivity contribution in [3.05, 3.63) is 145 Å². The zero-order chi connectivity index (χ0) is 26.1. The number of halogens is 2. The van der Waals surface area contributed by atoms with Gasteiger partial charge >= 0.3 is 0 Å². The summed E-state index contributed by atoms with van der Waals surface area (Å²) in [5, 5.41) is 2.33. The lowest BCUT2D eigenvalue weighted by Crippen LogP contribution is -2.13. The molecule has 0 atom stereocenters. The van der Waals surface area contributed by atoms with E-state index < -0.39 is 11.6 Å². The average Bonchev–Trinajstić information content (AvgIpc) is 2.97. The number of nitrogens with zero attached hydrogens (tertiary/aromatic N) is 1. The van der Waals surface area contributed by atoms with Crippen molar-refractivity contribution < 1.29 is 8.78 Å². The summed E-state index contributed by atoms with van der Waals surface area (Å²) in [5.74, 6) is -0.800. The van der Waals surface area contributed by atoms with Crippen molar-refractivity contribution in [2.75, 3.05) is 11.9 Å². The second kappa shape index (κ2) is 9.95. The Balaban J connectivity index is 1.51. The van der Waals surface area contributed by atoms with E-state index in [0.29, 0.717) is 16.9 Å². The fourth-order valence-electron chi connectivity index (χ4n) is 4.95. The topological polar surface area (TPSA) is 3.24 Å². The summed E-state index contributed by atoms with van der Waals surface area (Å²) in [5.41, 5.74) is 5.73. The van der Waals surface area contributed by atoms with Gasteiger partial charge in [-0.1, -0.05) is 97.1 Å². The summed E-state index contributed by atoms with van der Waals surface area (Å²) in [6.07, 6.45) is 0. The van der Waals surface area contributed by atoms with Crippen molar-refractivity contribution in [1.82, 2.24) is 0 Å². The van der Waals surface area contributed by atoms with Crippen LogP contribution < -0.4 is 4.90 Å². The summed E-state index contributed by atoms with van der Waals surface area (Å²) in [7, 11) is 1.70. The zero-order valence-electron chi connectivity index (χ0n) is 20.9. The maximum absolute atomic E-state index is 16.3. The number of para-hydroxylation sites is 1. The second-order valence-electron chi connectivity index (χ2n) is 9.38. The molecule has 0 bridgehead atoms. The molecule has 0 spiro atoms. The quantitative estimate of drug-likeness (QED) is 0.229. The monoisotopic (exact) mass is 497 g/mol. The molecule has 0 N–H and O–H groups in total. The molecule has 0 aliphatic carbocycles.